The van der Waals surface area contributed by atoms with E-state index in [0.29, 0.717) is 51.7 Å². The molecule has 2 fully saturated rings. The number of nitrogens with zero attached hydrogens (tertiary/aromatic N) is 4. The molecule has 32 heavy (non-hydrogen) atoms. The Kier molecular flexibility index (Phi) is 7.39. The Morgan fingerprint density at radius 2 is 1.84 bits per heavy atom. The second kappa shape index (κ2) is 10.6. The van der Waals surface area contributed by atoms with Gasteiger partial charge in [-0.2, -0.15) is 0 Å². The maximum absolute atomic E-state index is 13.9. The molecule has 0 bridgehead atoms. The Hall–Kier alpha value is -2.91. The van der Waals surface area contributed by atoms with Crippen LogP contribution in [0.25, 0.3) is 0 Å². The number of aliphatic imine (C=N–C) groups is 1. The Balaban J connectivity index is 1.37. The Bertz CT molecular complexity index is 906. The van der Waals surface area contributed by atoms with Crippen LogP contribution >= 0.6 is 0 Å². The number of carbonyl (C=O) groups is 1. The first kappa shape index (κ1) is 22.3. The van der Waals surface area contributed by atoms with Crippen LogP contribution in [0.15, 0.2) is 52.1 Å². The summed E-state index contributed by atoms with van der Waals surface area (Å²) in [5.74, 6) is 0.827. The normalized spacial score (nSPS) is 19.1. The van der Waals surface area contributed by atoms with Gasteiger partial charge in [-0.1, -0.05) is 12.1 Å². The van der Waals surface area contributed by atoms with E-state index in [2.05, 4.69) is 20.1 Å². The van der Waals surface area contributed by atoms with E-state index in [1.54, 1.807) is 36.2 Å². The van der Waals surface area contributed by atoms with Crippen molar-refractivity contribution in [2.24, 2.45) is 4.99 Å². The number of benzene rings is 1. The average Bonchev–Trinajstić information content (AvgIpc) is 3.37. The minimum Gasteiger partial charge on any atom is -0.459 e. The number of morpholine rings is 1. The molecule has 0 radical (unpaired) electrons. The summed E-state index contributed by atoms with van der Waals surface area (Å²) in [6.45, 7) is 6.08. The topological polar surface area (TPSA) is 73.6 Å². The second-order valence-corrected chi connectivity index (χ2v) is 7.90. The number of nitrogens with one attached hydrogen (secondary N) is 1. The fourth-order valence-electron chi connectivity index (χ4n) is 4.26. The molecule has 1 N–H and O–H groups in total. The van der Waals surface area contributed by atoms with Crippen molar-refractivity contribution in [2.75, 3.05) is 66.1 Å². The number of carbonyl (C=O) groups excluding carboxylic acids is 1. The minimum atomic E-state index is -0.234. The molecule has 1 amide bonds. The van der Waals surface area contributed by atoms with Crippen LogP contribution in [0.3, 0.4) is 0 Å². The standard InChI is InChI=1S/C23H30FN5O3/c1-25-23(29-9-7-28(8-10-29)22(30)21-6-3-13-32-21)26-17-20(27-11-14-31-15-12-27)18-4-2-5-19(24)16-18/h2-6,13,16,20H,7-12,14-15,17H2,1H3,(H,25,26). The van der Waals surface area contributed by atoms with Crippen LogP contribution in [0.1, 0.15) is 22.2 Å². The number of halogens is 1. The molecule has 2 aromatic rings. The molecular formula is C23H30FN5O3. The van der Waals surface area contributed by atoms with Crippen LogP contribution in [0.2, 0.25) is 0 Å². The molecule has 3 heterocycles. The number of hydrogen-bond acceptors (Lipinski definition) is 5. The van der Waals surface area contributed by atoms with Crippen molar-refractivity contribution in [3.05, 3.63) is 59.8 Å². The zero-order valence-corrected chi connectivity index (χ0v) is 18.4. The highest BCUT2D eigenvalue weighted by Crippen LogP contribution is 2.22. The van der Waals surface area contributed by atoms with Crippen molar-refractivity contribution in [3.63, 3.8) is 0 Å². The van der Waals surface area contributed by atoms with Crippen molar-refractivity contribution in [3.8, 4) is 0 Å². The Morgan fingerprint density at radius 1 is 1.09 bits per heavy atom. The van der Waals surface area contributed by atoms with Crippen LogP contribution in [0.4, 0.5) is 4.39 Å². The summed E-state index contributed by atoms with van der Waals surface area (Å²) >= 11 is 0. The molecule has 0 saturated carbocycles. The summed E-state index contributed by atoms with van der Waals surface area (Å²) < 4.78 is 24.7. The van der Waals surface area contributed by atoms with E-state index in [1.807, 2.05) is 6.07 Å². The molecular weight excluding hydrogens is 413 g/mol. The van der Waals surface area contributed by atoms with Crippen molar-refractivity contribution in [2.45, 2.75) is 6.04 Å². The van der Waals surface area contributed by atoms with E-state index in [1.165, 1.54) is 12.3 Å². The van der Waals surface area contributed by atoms with Gasteiger partial charge in [0.2, 0.25) is 0 Å². The van der Waals surface area contributed by atoms with Gasteiger partial charge in [0.15, 0.2) is 11.7 Å². The molecule has 0 aliphatic carbocycles. The molecule has 4 rings (SSSR count). The monoisotopic (exact) mass is 443 g/mol. The Morgan fingerprint density at radius 3 is 2.50 bits per heavy atom. The highest BCUT2D eigenvalue weighted by Gasteiger charge is 2.27. The number of furan rings is 1. The molecule has 1 unspecified atom stereocenters. The van der Waals surface area contributed by atoms with Gasteiger partial charge >= 0.3 is 0 Å². The molecule has 2 aliphatic heterocycles. The van der Waals surface area contributed by atoms with E-state index < -0.39 is 0 Å². The summed E-state index contributed by atoms with van der Waals surface area (Å²) in [6.07, 6.45) is 1.51. The number of ether oxygens (including phenoxy) is 1. The lowest BCUT2D eigenvalue weighted by molar-refractivity contribution is 0.0168. The molecule has 0 spiro atoms. The Labute approximate surface area is 187 Å². The number of rotatable bonds is 5. The highest BCUT2D eigenvalue weighted by atomic mass is 19.1. The minimum absolute atomic E-state index is 0.00756. The van der Waals surface area contributed by atoms with E-state index in [-0.39, 0.29) is 17.8 Å². The fraction of sp³-hybridized carbons (Fsp3) is 0.478. The third-order valence-corrected chi connectivity index (χ3v) is 5.98. The van der Waals surface area contributed by atoms with E-state index in [0.717, 1.165) is 24.6 Å². The van der Waals surface area contributed by atoms with E-state index in [9.17, 15) is 9.18 Å². The first-order valence-corrected chi connectivity index (χ1v) is 11.0. The quantitative estimate of drug-likeness (QED) is 0.562. The zero-order chi connectivity index (χ0) is 22.3. The molecule has 2 saturated heterocycles. The van der Waals surface area contributed by atoms with Gasteiger partial charge in [0.05, 0.1) is 25.5 Å². The first-order valence-electron chi connectivity index (χ1n) is 11.0. The molecule has 1 aromatic carbocycles. The van der Waals surface area contributed by atoms with Gasteiger partial charge in [0.1, 0.15) is 5.82 Å². The van der Waals surface area contributed by atoms with Crippen molar-refractivity contribution in [1.29, 1.82) is 0 Å². The van der Waals surface area contributed by atoms with Gasteiger partial charge in [-0.3, -0.25) is 14.7 Å². The summed E-state index contributed by atoms with van der Waals surface area (Å²) in [6, 6.07) is 10.2. The van der Waals surface area contributed by atoms with Gasteiger partial charge in [-0.15, -0.1) is 0 Å². The molecule has 1 atom stereocenters. The van der Waals surface area contributed by atoms with Crippen LogP contribution < -0.4 is 5.32 Å². The second-order valence-electron chi connectivity index (χ2n) is 7.90. The van der Waals surface area contributed by atoms with Crippen LogP contribution in [-0.2, 0) is 4.74 Å². The first-order chi connectivity index (χ1) is 15.7. The van der Waals surface area contributed by atoms with Crippen LogP contribution in [-0.4, -0.2) is 92.6 Å². The van der Waals surface area contributed by atoms with Crippen molar-refractivity contribution in [1.82, 2.24) is 20.0 Å². The number of amides is 1. The fourth-order valence-corrected chi connectivity index (χ4v) is 4.26. The zero-order valence-electron chi connectivity index (χ0n) is 18.4. The van der Waals surface area contributed by atoms with E-state index >= 15 is 0 Å². The molecule has 1 aromatic heterocycles. The maximum Gasteiger partial charge on any atom is 0.289 e. The van der Waals surface area contributed by atoms with Gasteiger partial charge in [0, 0.05) is 52.9 Å². The van der Waals surface area contributed by atoms with Gasteiger partial charge in [0.25, 0.3) is 5.91 Å². The number of hydrogen-bond donors (Lipinski definition) is 1. The van der Waals surface area contributed by atoms with Crippen LogP contribution in [0, 0.1) is 5.82 Å². The molecule has 8 nitrogen and oxygen atoms in total. The molecule has 9 heteroatoms. The average molecular weight is 444 g/mol. The van der Waals surface area contributed by atoms with Crippen LogP contribution in [0.5, 0.6) is 0 Å². The number of piperazine rings is 1. The summed E-state index contributed by atoms with van der Waals surface area (Å²) in [4.78, 5) is 23.2. The maximum atomic E-state index is 13.9. The third kappa shape index (κ3) is 5.28. The van der Waals surface area contributed by atoms with Crippen molar-refractivity contribution < 1.29 is 18.3 Å². The largest absolute Gasteiger partial charge is 0.459 e. The van der Waals surface area contributed by atoms with E-state index in [4.69, 9.17) is 9.15 Å². The smallest absolute Gasteiger partial charge is 0.289 e. The predicted molar refractivity (Wildman–Crippen MR) is 119 cm³/mol. The summed E-state index contributed by atoms with van der Waals surface area (Å²) in [7, 11) is 1.76. The SMILES string of the molecule is CN=C(NCC(c1cccc(F)c1)N1CCOCC1)N1CCN(C(=O)c2ccco2)CC1. The number of guanidine groups is 1. The third-order valence-electron chi connectivity index (χ3n) is 5.98. The lowest BCUT2D eigenvalue weighted by Gasteiger charge is -2.38. The lowest BCUT2D eigenvalue weighted by atomic mass is 10.0. The lowest BCUT2D eigenvalue weighted by Crippen LogP contribution is -2.54. The van der Waals surface area contributed by atoms with Gasteiger partial charge in [-0.05, 0) is 29.8 Å². The summed E-state index contributed by atoms with van der Waals surface area (Å²) in [5, 5.41) is 3.48. The van der Waals surface area contributed by atoms with Crippen molar-refractivity contribution >= 4 is 11.9 Å². The molecule has 172 valence electrons. The summed E-state index contributed by atoms with van der Waals surface area (Å²) in [5.41, 5.74) is 0.934. The highest BCUT2D eigenvalue weighted by molar-refractivity contribution is 5.91. The van der Waals surface area contributed by atoms with Gasteiger partial charge < -0.3 is 24.3 Å². The molecule has 2 aliphatic rings. The van der Waals surface area contributed by atoms with Gasteiger partial charge in [-0.25, -0.2) is 4.39 Å². The predicted octanol–water partition coefficient (Wildman–Crippen LogP) is 1.83.